The van der Waals surface area contributed by atoms with E-state index in [9.17, 15) is 4.79 Å². The molecular weight excluding hydrogens is 448 g/mol. The van der Waals surface area contributed by atoms with Gasteiger partial charge < -0.3 is 15.5 Å². The molecule has 5 rings (SSSR count). The molecule has 180 valence electrons. The number of nitrogens with zero attached hydrogens (tertiary/aromatic N) is 4. The number of hydrogen-bond acceptors (Lipinski definition) is 5. The molecule has 2 saturated heterocycles. The molecule has 2 aliphatic heterocycles. The number of carbonyl (C=O) groups is 1. The van der Waals surface area contributed by atoms with E-state index in [0.717, 1.165) is 67.3 Å². The van der Waals surface area contributed by atoms with E-state index in [4.69, 9.17) is 21.7 Å². The predicted molar refractivity (Wildman–Crippen MR) is 137 cm³/mol. The maximum atomic E-state index is 13.2. The number of hydrogen-bond donors (Lipinski definition) is 2. The Morgan fingerprint density at radius 1 is 1.03 bits per heavy atom. The summed E-state index contributed by atoms with van der Waals surface area (Å²) in [6.45, 7) is 4.57. The second-order valence-electron chi connectivity index (χ2n) is 9.39. The van der Waals surface area contributed by atoms with Gasteiger partial charge >= 0.3 is 0 Å². The molecule has 0 saturated carbocycles. The fraction of sp³-hybridized carbons (Fsp3) is 0.500. The van der Waals surface area contributed by atoms with E-state index in [-0.39, 0.29) is 11.9 Å². The predicted octanol–water partition coefficient (Wildman–Crippen LogP) is 4.19. The summed E-state index contributed by atoms with van der Waals surface area (Å²) in [5.41, 5.74) is 2.43. The maximum absolute atomic E-state index is 13.2. The van der Waals surface area contributed by atoms with Gasteiger partial charge in [-0.3, -0.25) is 4.79 Å². The number of pyridine rings is 1. The summed E-state index contributed by atoms with van der Waals surface area (Å²) >= 11 is 6.05. The molecular formula is C26H33ClN6O. The zero-order valence-corrected chi connectivity index (χ0v) is 20.4. The Bertz CT molecular complexity index is 1110. The topological polar surface area (TPSA) is 75.1 Å². The number of anilines is 1. The number of benzene rings is 1. The maximum Gasteiger partial charge on any atom is 0.272 e. The second-order valence-corrected chi connectivity index (χ2v) is 9.82. The van der Waals surface area contributed by atoms with Crippen molar-refractivity contribution in [3.05, 3.63) is 52.7 Å². The van der Waals surface area contributed by atoms with Gasteiger partial charge in [0.15, 0.2) is 11.3 Å². The summed E-state index contributed by atoms with van der Waals surface area (Å²) in [6, 6.07) is 12.2. The van der Waals surface area contributed by atoms with Gasteiger partial charge in [0.2, 0.25) is 0 Å². The van der Waals surface area contributed by atoms with Crippen molar-refractivity contribution in [3.8, 4) is 0 Å². The SMILES string of the molecule is O=C(NC1CCNCC1)c1nn(CCc2ccc(Cl)cc2)c2nc(N3CCCCCC3)ccc12. The van der Waals surface area contributed by atoms with Crippen LogP contribution < -0.4 is 15.5 Å². The van der Waals surface area contributed by atoms with E-state index in [1.807, 2.05) is 35.0 Å². The third-order valence-corrected chi connectivity index (χ3v) is 7.18. The summed E-state index contributed by atoms with van der Waals surface area (Å²) in [6.07, 6.45) is 7.62. The number of halogens is 1. The highest BCUT2D eigenvalue weighted by Crippen LogP contribution is 2.24. The van der Waals surface area contributed by atoms with Gasteiger partial charge in [0, 0.05) is 30.7 Å². The van der Waals surface area contributed by atoms with Crippen molar-refractivity contribution in [2.45, 2.75) is 57.5 Å². The van der Waals surface area contributed by atoms with Gasteiger partial charge in [-0.15, -0.1) is 0 Å². The molecule has 0 atom stereocenters. The van der Waals surface area contributed by atoms with Crippen molar-refractivity contribution in [3.63, 3.8) is 0 Å². The molecule has 0 spiro atoms. The average Bonchev–Trinajstić information content (AvgIpc) is 3.02. The standard InChI is InChI=1S/C26H33ClN6O/c27-20-7-5-19(6-8-20)13-18-33-25-22(9-10-23(30-25)32-16-3-1-2-4-17-32)24(31-33)26(34)29-21-11-14-28-15-12-21/h5-10,21,28H,1-4,11-18H2,(H,29,34). The van der Waals surface area contributed by atoms with Crippen molar-refractivity contribution in [2.75, 3.05) is 31.1 Å². The molecule has 34 heavy (non-hydrogen) atoms. The molecule has 2 aromatic heterocycles. The molecule has 7 nitrogen and oxygen atoms in total. The summed E-state index contributed by atoms with van der Waals surface area (Å²) in [5.74, 6) is 0.874. The molecule has 0 unspecified atom stereocenters. The average molecular weight is 481 g/mol. The number of piperidine rings is 1. The Kier molecular flexibility index (Phi) is 7.30. The number of amides is 1. The van der Waals surface area contributed by atoms with Crippen LogP contribution in [0.15, 0.2) is 36.4 Å². The zero-order valence-electron chi connectivity index (χ0n) is 19.6. The molecule has 1 amide bonds. The van der Waals surface area contributed by atoms with Crippen LogP contribution in [0.25, 0.3) is 11.0 Å². The Morgan fingerprint density at radius 2 is 1.76 bits per heavy atom. The first-order valence-electron chi connectivity index (χ1n) is 12.6. The van der Waals surface area contributed by atoms with Gasteiger partial charge in [-0.25, -0.2) is 9.67 Å². The lowest BCUT2D eigenvalue weighted by molar-refractivity contribution is 0.0925. The van der Waals surface area contributed by atoms with E-state index in [1.54, 1.807) is 0 Å². The van der Waals surface area contributed by atoms with Crippen molar-refractivity contribution < 1.29 is 4.79 Å². The van der Waals surface area contributed by atoms with Crippen molar-refractivity contribution >= 4 is 34.4 Å². The number of carbonyl (C=O) groups excluding carboxylic acids is 1. The molecule has 3 aromatic rings. The molecule has 0 bridgehead atoms. The van der Waals surface area contributed by atoms with Crippen LogP contribution in [0, 0.1) is 0 Å². The van der Waals surface area contributed by atoms with Gasteiger partial charge in [0.05, 0.1) is 5.39 Å². The summed E-state index contributed by atoms with van der Waals surface area (Å²) < 4.78 is 1.91. The van der Waals surface area contributed by atoms with Crippen LogP contribution in [0.2, 0.25) is 5.02 Å². The third kappa shape index (κ3) is 5.36. The first-order valence-corrected chi connectivity index (χ1v) is 12.9. The molecule has 8 heteroatoms. The van der Waals surface area contributed by atoms with E-state index in [0.29, 0.717) is 12.2 Å². The van der Waals surface area contributed by atoms with Gasteiger partial charge in [-0.1, -0.05) is 36.6 Å². The van der Waals surface area contributed by atoms with Crippen molar-refractivity contribution in [2.24, 2.45) is 0 Å². The van der Waals surface area contributed by atoms with E-state index >= 15 is 0 Å². The molecule has 2 N–H and O–H groups in total. The lowest BCUT2D eigenvalue weighted by Crippen LogP contribution is -2.42. The van der Waals surface area contributed by atoms with Crippen LogP contribution in [0.1, 0.15) is 54.6 Å². The monoisotopic (exact) mass is 480 g/mol. The Balaban J connectivity index is 1.44. The number of fused-ring (bicyclic) bond motifs is 1. The highest BCUT2D eigenvalue weighted by Gasteiger charge is 2.23. The lowest BCUT2D eigenvalue weighted by atomic mass is 10.1. The summed E-state index contributed by atoms with van der Waals surface area (Å²) in [7, 11) is 0. The first-order chi connectivity index (χ1) is 16.7. The van der Waals surface area contributed by atoms with Crippen LogP contribution in [0.5, 0.6) is 0 Å². The van der Waals surface area contributed by atoms with Gasteiger partial charge in [-0.2, -0.15) is 5.10 Å². The number of rotatable bonds is 6. The van der Waals surface area contributed by atoms with Crippen LogP contribution in [-0.2, 0) is 13.0 Å². The highest BCUT2D eigenvalue weighted by atomic mass is 35.5. The smallest absolute Gasteiger partial charge is 0.272 e. The second kappa shape index (κ2) is 10.7. The van der Waals surface area contributed by atoms with E-state index in [2.05, 4.69) is 21.6 Å². The fourth-order valence-electron chi connectivity index (χ4n) is 4.95. The lowest BCUT2D eigenvalue weighted by Gasteiger charge is -2.23. The minimum atomic E-state index is -0.105. The fourth-order valence-corrected chi connectivity index (χ4v) is 5.07. The highest BCUT2D eigenvalue weighted by molar-refractivity contribution is 6.30. The Morgan fingerprint density at radius 3 is 2.50 bits per heavy atom. The van der Waals surface area contributed by atoms with Crippen LogP contribution in [0.3, 0.4) is 0 Å². The largest absolute Gasteiger partial charge is 0.357 e. The minimum absolute atomic E-state index is 0.105. The van der Waals surface area contributed by atoms with Gasteiger partial charge in [0.1, 0.15) is 5.82 Å². The Hall–Kier alpha value is -2.64. The van der Waals surface area contributed by atoms with Crippen LogP contribution in [0.4, 0.5) is 5.82 Å². The van der Waals surface area contributed by atoms with E-state index < -0.39 is 0 Å². The van der Waals surface area contributed by atoms with Crippen molar-refractivity contribution in [1.82, 2.24) is 25.4 Å². The Labute approximate surface area is 205 Å². The van der Waals surface area contributed by atoms with Crippen LogP contribution in [-0.4, -0.2) is 52.9 Å². The summed E-state index contributed by atoms with van der Waals surface area (Å²) in [5, 5.41) is 12.9. The normalized spacial score (nSPS) is 17.6. The number of aromatic nitrogens is 3. The van der Waals surface area contributed by atoms with E-state index in [1.165, 1.54) is 31.2 Å². The first kappa shape index (κ1) is 23.1. The van der Waals surface area contributed by atoms with Crippen molar-refractivity contribution in [1.29, 1.82) is 0 Å². The minimum Gasteiger partial charge on any atom is -0.357 e. The molecule has 2 fully saturated rings. The van der Waals surface area contributed by atoms with Crippen LogP contribution >= 0.6 is 11.6 Å². The molecule has 0 radical (unpaired) electrons. The summed E-state index contributed by atoms with van der Waals surface area (Å²) in [4.78, 5) is 20.6. The molecule has 0 aliphatic carbocycles. The van der Waals surface area contributed by atoms with Gasteiger partial charge in [-0.05, 0) is 75.0 Å². The third-order valence-electron chi connectivity index (χ3n) is 6.93. The number of nitrogens with one attached hydrogen (secondary N) is 2. The number of aryl methyl sites for hydroxylation is 2. The van der Waals surface area contributed by atoms with Gasteiger partial charge in [0.25, 0.3) is 5.91 Å². The zero-order chi connectivity index (χ0) is 23.3. The quantitative estimate of drug-likeness (QED) is 0.553. The molecule has 4 heterocycles. The molecule has 1 aromatic carbocycles. The molecule has 2 aliphatic rings.